The molecule has 0 bridgehead atoms. The first kappa shape index (κ1) is 30.1. The molecule has 0 saturated carbocycles. The van der Waals surface area contributed by atoms with E-state index in [1.54, 1.807) is 0 Å². The Morgan fingerprint density at radius 2 is 1.49 bits per heavy atom. The monoisotopic (exact) mass is 573 g/mol. The summed E-state index contributed by atoms with van der Waals surface area (Å²) >= 11 is 0. The third-order valence-corrected chi connectivity index (χ3v) is 7.86. The van der Waals surface area contributed by atoms with Gasteiger partial charge in [-0.3, -0.25) is 4.79 Å². The summed E-state index contributed by atoms with van der Waals surface area (Å²) in [5.41, 5.74) is 6.98. The predicted molar refractivity (Wildman–Crippen MR) is 177 cm³/mol. The van der Waals surface area contributed by atoms with Gasteiger partial charge in [-0.25, -0.2) is 4.98 Å². The summed E-state index contributed by atoms with van der Waals surface area (Å²) in [5.74, 6) is 2.06. The SMILES string of the molecule is CC(C)(C)c1ccc(OCCn2c(CCCCCNC(=O)Cc3ccc(-c4ccccc4)cc3)nc3ccccc32)cc1. The number of aromatic nitrogens is 2. The maximum atomic E-state index is 12.5. The molecule has 1 amide bonds. The number of aryl methyl sites for hydroxylation is 1. The van der Waals surface area contributed by atoms with Gasteiger partial charge in [0.05, 0.1) is 24.0 Å². The Hall–Kier alpha value is -4.38. The third-order valence-electron chi connectivity index (χ3n) is 7.86. The Morgan fingerprint density at radius 3 is 2.23 bits per heavy atom. The lowest BCUT2D eigenvalue weighted by atomic mass is 9.87. The molecule has 5 aromatic rings. The predicted octanol–water partition coefficient (Wildman–Crippen LogP) is 8.15. The third kappa shape index (κ3) is 8.35. The van der Waals surface area contributed by atoms with Crippen molar-refractivity contribution in [2.75, 3.05) is 13.2 Å². The average molecular weight is 574 g/mol. The largest absolute Gasteiger partial charge is 0.492 e. The van der Waals surface area contributed by atoms with E-state index in [-0.39, 0.29) is 11.3 Å². The standard InChI is InChI=1S/C38H43N3O2/c1-38(2,3)32-21-23-33(24-22-32)43-27-26-41-35-15-10-9-14-34(35)40-36(41)16-8-5-11-25-39-37(42)28-29-17-19-31(20-18-29)30-12-6-4-7-13-30/h4,6-7,9-10,12-15,17-24H,5,8,11,16,25-28H2,1-3H3,(H,39,42). The van der Waals surface area contributed by atoms with E-state index >= 15 is 0 Å². The van der Waals surface area contributed by atoms with Crippen molar-refractivity contribution in [1.29, 1.82) is 0 Å². The number of fused-ring (bicyclic) bond motifs is 1. The van der Waals surface area contributed by atoms with Crippen LogP contribution in [0.2, 0.25) is 0 Å². The van der Waals surface area contributed by atoms with Crippen LogP contribution in [0.3, 0.4) is 0 Å². The van der Waals surface area contributed by atoms with Gasteiger partial charge in [-0.05, 0) is 64.8 Å². The van der Waals surface area contributed by atoms with E-state index < -0.39 is 0 Å². The van der Waals surface area contributed by atoms with Crippen molar-refractivity contribution in [3.05, 3.63) is 120 Å². The maximum Gasteiger partial charge on any atom is 0.224 e. The molecule has 0 aliphatic rings. The van der Waals surface area contributed by atoms with Crippen LogP contribution in [0.5, 0.6) is 5.75 Å². The van der Waals surface area contributed by atoms with Gasteiger partial charge < -0.3 is 14.6 Å². The van der Waals surface area contributed by atoms with Gasteiger partial charge in [0.15, 0.2) is 0 Å². The number of nitrogens with one attached hydrogen (secondary N) is 1. The number of para-hydroxylation sites is 2. The normalized spacial score (nSPS) is 11.5. The van der Waals surface area contributed by atoms with Gasteiger partial charge >= 0.3 is 0 Å². The van der Waals surface area contributed by atoms with E-state index in [0.717, 1.165) is 66.0 Å². The number of carbonyl (C=O) groups excluding carboxylic acids is 1. The summed E-state index contributed by atoms with van der Waals surface area (Å²) in [5, 5.41) is 3.09. The molecule has 5 rings (SSSR count). The maximum absolute atomic E-state index is 12.5. The number of unbranched alkanes of at least 4 members (excludes halogenated alkanes) is 2. The summed E-state index contributed by atoms with van der Waals surface area (Å²) in [6, 6.07) is 35.3. The number of benzene rings is 4. The fourth-order valence-corrected chi connectivity index (χ4v) is 5.38. The van der Waals surface area contributed by atoms with Gasteiger partial charge in [-0.2, -0.15) is 0 Å². The van der Waals surface area contributed by atoms with Crippen molar-refractivity contribution in [1.82, 2.24) is 14.9 Å². The lowest BCUT2D eigenvalue weighted by Gasteiger charge is -2.19. The zero-order valence-electron chi connectivity index (χ0n) is 25.7. The molecule has 4 aromatic carbocycles. The Labute approximate surface area is 255 Å². The molecular formula is C38H43N3O2. The zero-order valence-corrected chi connectivity index (χ0v) is 25.7. The van der Waals surface area contributed by atoms with Crippen molar-refractivity contribution >= 4 is 16.9 Å². The van der Waals surface area contributed by atoms with Gasteiger partial charge in [0.1, 0.15) is 18.2 Å². The number of hydrogen-bond acceptors (Lipinski definition) is 3. The van der Waals surface area contributed by atoms with Crippen molar-refractivity contribution < 1.29 is 9.53 Å². The Bertz CT molecular complexity index is 1600. The summed E-state index contributed by atoms with van der Waals surface area (Å²) < 4.78 is 8.41. The first-order valence-corrected chi connectivity index (χ1v) is 15.5. The molecule has 43 heavy (non-hydrogen) atoms. The summed E-state index contributed by atoms with van der Waals surface area (Å²) in [7, 11) is 0. The number of imidazole rings is 1. The van der Waals surface area contributed by atoms with Gasteiger partial charge in [0.2, 0.25) is 5.91 Å². The van der Waals surface area contributed by atoms with Crippen LogP contribution in [0, 0.1) is 0 Å². The summed E-state index contributed by atoms with van der Waals surface area (Å²) in [6.07, 6.45) is 4.31. The van der Waals surface area contributed by atoms with E-state index in [4.69, 9.17) is 9.72 Å². The van der Waals surface area contributed by atoms with E-state index in [9.17, 15) is 4.79 Å². The molecule has 5 nitrogen and oxygen atoms in total. The van der Waals surface area contributed by atoms with Crippen molar-refractivity contribution in [3.63, 3.8) is 0 Å². The van der Waals surface area contributed by atoms with Crippen LogP contribution in [0.25, 0.3) is 22.2 Å². The topological polar surface area (TPSA) is 56.1 Å². The summed E-state index contributed by atoms with van der Waals surface area (Å²) in [6.45, 7) is 8.69. The van der Waals surface area contributed by atoms with Crippen LogP contribution in [-0.2, 0) is 29.6 Å². The molecule has 0 fully saturated rings. The molecule has 0 aliphatic heterocycles. The fraction of sp³-hybridized carbons (Fsp3) is 0.316. The molecule has 222 valence electrons. The van der Waals surface area contributed by atoms with Gasteiger partial charge in [0, 0.05) is 13.0 Å². The van der Waals surface area contributed by atoms with Crippen LogP contribution in [0.1, 0.15) is 57.0 Å². The van der Waals surface area contributed by atoms with E-state index in [2.05, 4.69) is 97.4 Å². The van der Waals surface area contributed by atoms with Crippen LogP contribution < -0.4 is 10.1 Å². The highest BCUT2D eigenvalue weighted by atomic mass is 16.5. The number of rotatable bonds is 13. The van der Waals surface area contributed by atoms with E-state index in [1.807, 2.05) is 36.4 Å². The molecule has 1 heterocycles. The highest BCUT2D eigenvalue weighted by Crippen LogP contribution is 2.25. The zero-order chi connectivity index (χ0) is 30.1. The minimum Gasteiger partial charge on any atom is -0.492 e. The number of amides is 1. The molecule has 0 atom stereocenters. The Kier molecular flexibility index (Phi) is 9.93. The van der Waals surface area contributed by atoms with Gasteiger partial charge in [-0.15, -0.1) is 0 Å². The van der Waals surface area contributed by atoms with Crippen molar-refractivity contribution in [3.8, 4) is 16.9 Å². The first-order chi connectivity index (χ1) is 20.9. The molecule has 0 saturated heterocycles. The van der Waals surface area contributed by atoms with E-state index in [1.165, 1.54) is 11.1 Å². The number of hydrogen-bond donors (Lipinski definition) is 1. The molecule has 0 spiro atoms. The van der Waals surface area contributed by atoms with Crippen LogP contribution in [0.15, 0.2) is 103 Å². The van der Waals surface area contributed by atoms with Gasteiger partial charge in [-0.1, -0.05) is 106 Å². The van der Waals surface area contributed by atoms with Crippen molar-refractivity contribution in [2.24, 2.45) is 0 Å². The lowest BCUT2D eigenvalue weighted by Crippen LogP contribution is -2.26. The van der Waals surface area contributed by atoms with Crippen LogP contribution in [0.4, 0.5) is 0 Å². The second-order valence-corrected chi connectivity index (χ2v) is 12.2. The second-order valence-electron chi connectivity index (χ2n) is 12.2. The number of ether oxygens (including phenoxy) is 1. The van der Waals surface area contributed by atoms with Crippen LogP contribution >= 0.6 is 0 Å². The fourth-order valence-electron chi connectivity index (χ4n) is 5.38. The molecule has 0 aliphatic carbocycles. The highest BCUT2D eigenvalue weighted by Gasteiger charge is 2.14. The molecular weight excluding hydrogens is 530 g/mol. The average Bonchev–Trinajstić information content (AvgIpc) is 3.36. The lowest BCUT2D eigenvalue weighted by molar-refractivity contribution is -0.120. The second kappa shape index (κ2) is 14.2. The van der Waals surface area contributed by atoms with Crippen LogP contribution in [-0.4, -0.2) is 28.6 Å². The van der Waals surface area contributed by atoms with Crippen molar-refractivity contribution in [2.45, 2.75) is 64.8 Å². The minimum atomic E-state index is 0.0716. The molecule has 1 N–H and O–H groups in total. The Morgan fingerprint density at radius 1 is 0.791 bits per heavy atom. The molecule has 1 aromatic heterocycles. The highest BCUT2D eigenvalue weighted by molar-refractivity contribution is 5.79. The molecule has 5 heteroatoms. The summed E-state index contributed by atoms with van der Waals surface area (Å²) in [4.78, 5) is 17.4. The Balaban J connectivity index is 1.05. The quantitative estimate of drug-likeness (QED) is 0.145. The molecule has 0 radical (unpaired) electrons. The van der Waals surface area contributed by atoms with E-state index in [0.29, 0.717) is 19.6 Å². The van der Waals surface area contributed by atoms with Gasteiger partial charge in [0.25, 0.3) is 0 Å². The first-order valence-electron chi connectivity index (χ1n) is 15.5. The minimum absolute atomic E-state index is 0.0716. The number of carbonyl (C=O) groups is 1. The molecule has 0 unspecified atom stereocenters. The smallest absolute Gasteiger partial charge is 0.224 e. The number of nitrogens with zero attached hydrogens (tertiary/aromatic N) is 2.